The minimum atomic E-state index is -0.843. The van der Waals surface area contributed by atoms with Crippen molar-refractivity contribution in [2.75, 3.05) is 26.1 Å². The predicted molar refractivity (Wildman–Crippen MR) is 92.6 cm³/mol. The van der Waals surface area contributed by atoms with Crippen LogP contribution < -0.4 is 9.64 Å². The Morgan fingerprint density at radius 2 is 1.96 bits per heavy atom. The summed E-state index contributed by atoms with van der Waals surface area (Å²) >= 11 is 0. The molecular formula is C19H23NO3. The number of aryl methyl sites for hydroxylation is 1. The Morgan fingerprint density at radius 1 is 1.22 bits per heavy atom. The summed E-state index contributed by atoms with van der Waals surface area (Å²) < 4.78 is 5.36. The van der Waals surface area contributed by atoms with E-state index in [1.54, 1.807) is 7.11 Å². The number of carbonyl (C=O) groups is 1. The van der Waals surface area contributed by atoms with Crippen molar-refractivity contribution in [2.45, 2.75) is 19.3 Å². The van der Waals surface area contributed by atoms with Gasteiger partial charge in [0.15, 0.2) is 0 Å². The summed E-state index contributed by atoms with van der Waals surface area (Å²) in [6, 6.07) is 13.6. The summed E-state index contributed by atoms with van der Waals surface area (Å²) in [6.07, 6.45) is 0.427. The van der Waals surface area contributed by atoms with Crippen LogP contribution in [0.4, 0.5) is 5.69 Å². The first-order valence-corrected chi connectivity index (χ1v) is 7.56. The number of ether oxygens (including phenoxy) is 1. The zero-order valence-electron chi connectivity index (χ0n) is 14.0. The van der Waals surface area contributed by atoms with Crippen molar-refractivity contribution >= 4 is 11.7 Å². The quantitative estimate of drug-likeness (QED) is 0.887. The zero-order chi connectivity index (χ0) is 17.0. The van der Waals surface area contributed by atoms with Crippen LogP contribution in [0.5, 0.6) is 5.75 Å². The average molecular weight is 313 g/mol. The number of benzene rings is 2. The third-order valence-corrected chi connectivity index (χ3v) is 3.93. The van der Waals surface area contributed by atoms with E-state index in [9.17, 15) is 9.90 Å². The number of nitrogens with zero attached hydrogens (tertiary/aromatic N) is 1. The fraction of sp³-hybridized carbons (Fsp3) is 0.316. The minimum Gasteiger partial charge on any atom is -0.496 e. The fourth-order valence-electron chi connectivity index (χ4n) is 2.65. The Hall–Kier alpha value is -2.49. The molecule has 122 valence electrons. The van der Waals surface area contributed by atoms with Gasteiger partial charge in [0.25, 0.3) is 0 Å². The molecule has 0 saturated heterocycles. The van der Waals surface area contributed by atoms with Crippen molar-refractivity contribution in [3.63, 3.8) is 0 Å². The molecule has 0 aliphatic rings. The lowest BCUT2D eigenvalue weighted by Crippen LogP contribution is -2.16. The molecule has 0 radical (unpaired) electrons. The second-order valence-corrected chi connectivity index (χ2v) is 5.90. The van der Waals surface area contributed by atoms with Crippen LogP contribution in [0, 0.1) is 6.92 Å². The summed E-state index contributed by atoms with van der Waals surface area (Å²) in [5.74, 6) is -0.863. The number of aliphatic carboxylic acids is 1. The maximum absolute atomic E-state index is 11.8. The molecule has 4 nitrogen and oxygen atoms in total. The van der Waals surface area contributed by atoms with E-state index in [0.717, 1.165) is 22.4 Å². The summed E-state index contributed by atoms with van der Waals surface area (Å²) in [5.41, 5.74) is 3.79. The van der Waals surface area contributed by atoms with Crippen LogP contribution >= 0.6 is 0 Å². The lowest BCUT2D eigenvalue weighted by atomic mass is 9.90. The largest absolute Gasteiger partial charge is 0.496 e. The number of carboxylic acid groups (broad SMARTS) is 1. The molecule has 0 fully saturated rings. The molecule has 0 saturated carbocycles. The van der Waals surface area contributed by atoms with Gasteiger partial charge in [0.05, 0.1) is 13.0 Å². The van der Waals surface area contributed by atoms with Crippen LogP contribution in [0.3, 0.4) is 0 Å². The summed E-state index contributed by atoms with van der Waals surface area (Å²) in [7, 11) is 5.51. The lowest BCUT2D eigenvalue weighted by Gasteiger charge is -2.18. The van der Waals surface area contributed by atoms with E-state index in [1.165, 1.54) is 0 Å². The molecule has 0 aromatic heterocycles. The predicted octanol–water partition coefficient (Wildman–Crippen LogP) is 3.48. The highest BCUT2D eigenvalue weighted by atomic mass is 16.5. The van der Waals surface area contributed by atoms with Crippen molar-refractivity contribution in [2.24, 2.45) is 0 Å². The minimum absolute atomic E-state index is 0.427. The van der Waals surface area contributed by atoms with Crippen molar-refractivity contribution < 1.29 is 14.6 Å². The molecule has 0 spiro atoms. The van der Waals surface area contributed by atoms with Gasteiger partial charge in [-0.05, 0) is 37.1 Å². The molecule has 23 heavy (non-hydrogen) atoms. The Morgan fingerprint density at radius 3 is 2.57 bits per heavy atom. The second-order valence-electron chi connectivity index (χ2n) is 5.90. The van der Waals surface area contributed by atoms with E-state index < -0.39 is 11.9 Å². The molecular weight excluding hydrogens is 290 g/mol. The highest BCUT2D eigenvalue weighted by Crippen LogP contribution is 2.31. The van der Waals surface area contributed by atoms with Gasteiger partial charge in [-0.15, -0.1) is 0 Å². The van der Waals surface area contributed by atoms with Crippen molar-refractivity contribution in [3.8, 4) is 5.75 Å². The van der Waals surface area contributed by atoms with E-state index in [-0.39, 0.29) is 0 Å². The van der Waals surface area contributed by atoms with E-state index >= 15 is 0 Å². The average Bonchev–Trinajstić information content (AvgIpc) is 2.52. The molecule has 1 atom stereocenters. The smallest absolute Gasteiger partial charge is 0.311 e. The first-order chi connectivity index (χ1) is 10.9. The summed E-state index contributed by atoms with van der Waals surface area (Å²) in [5, 5.41) is 9.71. The molecule has 1 unspecified atom stereocenters. The van der Waals surface area contributed by atoms with E-state index in [1.807, 2.05) is 68.4 Å². The molecule has 2 aromatic carbocycles. The van der Waals surface area contributed by atoms with Crippen LogP contribution in [0.2, 0.25) is 0 Å². The highest BCUT2D eigenvalue weighted by Gasteiger charge is 2.24. The second kappa shape index (κ2) is 7.18. The topological polar surface area (TPSA) is 49.8 Å². The number of carboxylic acids is 1. The van der Waals surface area contributed by atoms with E-state index in [4.69, 9.17) is 4.74 Å². The molecule has 0 amide bonds. The number of hydrogen-bond acceptors (Lipinski definition) is 3. The fourth-order valence-corrected chi connectivity index (χ4v) is 2.65. The number of methoxy groups -OCH3 is 1. The first kappa shape index (κ1) is 16.9. The molecule has 1 N–H and O–H groups in total. The Labute approximate surface area is 137 Å². The van der Waals surface area contributed by atoms with Gasteiger partial charge in [0.1, 0.15) is 5.75 Å². The van der Waals surface area contributed by atoms with Gasteiger partial charge in [-0.3, -0.25) is 4.79 Å². The Balaban J connectivity index is 2.39. The first-order valence-electron chi connectivity index (χ1n) is 7.56. The van der Waals surface area contributed by atoms with E-state index in [2.05, 4.69) is 0 Å². The molecule has 4 heteroatoms. The molecule has 0 aliphatic heterocycles. The standard InChI is InChI=1S/C19H23NO3/c1-13-8-9-18(23-4)16(10-13)17(19(21)22)12-14-6-5-7-15(11-14)20(2)3/h5-11,17H,12H2,1-4H3,(H,21,22). The number of hydrogen-bond donors (Lipinski definition) is 1. The van der Waals surface area contributed by atoms with Gasteiger partial charge in [-0.25, -0.2) is 0 Å². The van der Waals surface area contributed by atoms with Crippen LogP contribution in [0.25, 0.3) is 0 Å². The molecule has 0 heterocycles. The van der Waals surface area contributed by atoms with Gasteiger partial charge in [-0.1, -0.05) is 29.8 Å². The van der Waals surface area contributed by atoms with Crippen LogP contribution in [0.1, 0.15) is 22.6 Å². The summed E-state index contributed by atoms with van der Waals surface area (Å²) in [4.78, 5) is 13.8. The van der Waals surface area contributed by atoms with Gasteiger partial charge in [0.2, 0.25) is 0 Å². The Kier molecular flexibility index (Phi) is 5.27. The van der Waals surface area contributed by atoms with Crippen molar-refractivity contribution in [1.29, 1.82) is 0 Å². The monoisotopic (exact) mass is 313 g/mol. The van der Waals surface area contributed by atoms with Crippen molar-refractivity contribution in [1.82, 2.24) is 0 Å². The number of anilines is 1. The van der Waals surface area contributed by atoms with Gasteiger partial charge in [0, 0.05) is 25.3 Å². The highest BCUT2D eigenvalue weighted by molar-refractivity contribution is 5.78. The lowest BCUT2D eigenvalue weighted by molar-refractivity contribution is -0.138. The third kappa shape index (κ3) is 4.03. The SMILES string of the molecule is COc1ccc(C)cc1C(Cc1cccc(N(C)C)c1)C(=O)O. The van der Waals surface area contributed by atoms with Crippen LogP contribution in [-0.4, -0.2) is 32.3 Å². The van der Waals surface area contributed by atoms with Crippen molar-refractivity contribution in [3.05, 3.63) is 59.2 Å². The zero-order valence-corrected chi connectivity index (χ0v) is 14.0. The Bertz CT molecular complexity index is 695. The van der Waals surface area contributed by atoms with Gasteiger partial charge >= 0.3 is 5.97 Å². The molecule has 2 rings (SSSR count). The molecule has 0 bridgehead atoms. The maximum atomic E-state index is 11.8. The molecule has 2 aromatic rings. The normalized spacial score (nSPS) is 11.8. The van der Waals surface area contributed by atoms with Crippen LogP contribution in [0.15, 0.2) is 42.5 Å². The molecule has 0 aliphatic carbocycles. The third-order valence-electron chi connectivity index (χ3n) is 3.93. The van der Waals surface area contributed by atoms with Gasteiger partial charge < -0.3 is 14.7 Å². The van der Waals surface area contributed by atoms with Gasteiger partial charge in [-0.2, -0.15) is 0 Å². The summed E-state index contributed by atoms with van der Waals surface area (Å²) in [6.45, 7) is 1.95. The number of rotatable bonds is 6. The van der Waals surface area contributed by atoms with E-state index in [0.29, 0.717) is 12.2 Å². The van der Waals surface area contributed by atoms with Crippen LogP contribution in [-0.2, 0) is 11.2 Å². The maximum Gasteiger partial charge on any atom is 0.311 e.